The minimum absolute atomic E-state index is 0.0696. The number of para-hydroxylation sites is 1. The predicted octanol–water partition coefficient (Wildman–Crippen LogP) is 3.43. The van der Waals surface area contributed by atoms with Crippen LogP contribution in [0.1, 0.15) is 28.8 Å². The summed E-state index contributed by atoms with van der Waals surface area (Å²) in [7, 11) is 0. The third kappa shape index (κ3) is 6.74. The van der Waals surface area contributed by atoms with Crippen LogP contribution < -0.4 is 15.4 Å². The SMILES string of the molecule is CC(OC(=O)c1ccc(COc2ccccc2)o1)C(=O)NC(=O)NCc1ccccc1. The molecule has 3 aromatic rings. The van der Waals surface area contributed by atoms with Crippen LogP contribution in [0, 0.1) is 0 Å². The van der Waals surface area contributed by atoms with Crippen LogP contribution in [0.15, 0.2) is 77.2 Å². The topological polar surface area (TPSA) is 107 Å². The number of nitrogens with one attached hydrogen (secondary N) is 2. The van der Waals surface area contributed by atoms with Gasteiger partial charge < -0.3 is 19.2 Å². The summed E-state index contributed by atoms with van der Waals surface area (Å²) in [5, 5.41) is 4.69. The maximum absolute atomic E-state index is 12.2. The average Bonchev–Trinajstić information content (AvgIpc) is 3.27. The minimum Gasteiger partial charge on any atom is -0.486 e. The number of furan rings is 1. The van der Waals surface area contributed by atoms with E-state index in [9.17, 15) is 14.4 Å². The molecular weight excluding hydrogens is 400 g/mol. The number of carbonyl (C=O) groups is 3. The molecule has 0 saturated heterocycles. The molecule has 8 nitrogen and oxygen atoms in total. The lowest BCUT2D eigenvalue weighted by atomic mass is 10.2. The Bertz CT molecular complexity index is 1020. The van der Waals surface area contributed by atoms with E-state index in [2.05, 4.69) is 10.6 Å². The van der Waals surface area contributed by atoms with Crippen molar-refractivity contribution in [2.75, 3.05) is 0 Å². The highest BCUT2D eigenvalue weighted by Gasteiger charge is 2.22. The summed E-state index contributed by atoms with van der Waals surface area (Å²) in [6.45, 7) is 1.75. The zero-order chi connectivity index (χ0) is 22.1. The fourth-order valence-corrected chi connectivity index (χ4v) is 2.54. The molecule has 0 fully saturated rings. The molecule has 2 N–H and O–H groups in total. The van der Waals surface area contributed by atoms with Crippen LogP contribution in [0.4, 0.5) is 4.79 Å². The Morgan fingerprint density at radius 1 is 0.935 bits per heavy atom. The maximum atomic E-state index is 12.2. The fourth-order valence-electron chi connectivity index (χ4n) is 2.54. The highest BCUT2D eigenvalue weighted by molar-refractivity contribution is 5.98. The Morgan fingerprint density at radius 3 is 2.32 bits per heavy atom. The molecule has 31 heavy (non-hydrogen) atoms. The van der Waals surface area contributed by atoms with Gasteiger partial charge in [0.2, 0.25) is 5.76 Å². The molecule has 160 valence electrons. The van der Waals surface area contributed by atoms with Crippen molar-refractivity contribution in [3.8, 4) is 5.75 Å². The first-order valence-corrected chi connectivity index (χ1v) is 9.61. The van der Waals surface area contributed by atoms with Gasteiger partial charge in [-0.15, -0.1) is 0 Å². The summed E-state index contributed by atoms with van der Waals surface area (Å²) in [6, 6.07) is 20.7. The van der Waals surface area contributed by atoms with Crippen molar-refractivity contribution in [2.24, 2.45) is 0 Å². The number of esters is 1. The van der Waals surface area contributed by atoms with Crippen LogP contribution in [0.3, 0.4) is 0 Å². The molecule has 0 aliphatic carbocycles. The summed E-state index contributed by atoms with van der Waals surface area (Å²) >= 11 is 0. The predicted molar refractivity (Wildman–Crippen MR) is 111 cm³/mol. The van der Waals surface area contributed by atoms with Crippen molar-refractivity contribution in [3.63, 3.8) is 0 Å². The van der Waals surface area contributed by atoms with E-state index in [1.807, 2.05) is 48.5 Å². The second kappa shape index (κ2) is 10.6. The molecule has 1 heterocycles. The average molecular weight is 422 g/mol. The first-order chi connectivity index (χ1) is 15.0. The van der Waals surface area contributed by atoms with Crippen LogP contribution in [0.25, 0.3) is 0 Å². The number of imide groups is 1. The van der Waals surface area contributed by atoms with Gasteiger partial charge in [0.1, 0.15) is 18.1 Å². The molecule has 0 radical (unpaired) electrons. The molecular formula is C23H22N2O6. The smallest absolute Gasteiger partial charge is 0.375 e. The van der Waals surface area contributed by atoms with Crippen molar-refractivity contribution in [2.45, 2.75) is 26.2 Å². The monoisotopic (exact) mass is 422 g/mol. The Labute approximate surface area is 179 Å². The Balaban J connectivity index is 1.43. The molecule has 3 amide bonds. The fraction of sp³-hybridized carbons (Fsp3) is 0.174. The summed E-state index contributed by atoms with van der Waals surface area (Å²) in [5.74, 6) is -0.552. The van der Waals surface area contributed by atoms with Crippen molar-refractivity contribution in [1.29, 1.82) is 0 Å². The van der Waals surface area contributed by atoms with Crippen molar-refractivity contribution in [1.82, 2.24) is 10.6 Å². The first kappa shape index (κ1) is 21.6. The molecule has 2 aromatic carbocycles. The van der Waals surface area contributed by atoms with Gasteiger partial charge in [-0.2, -0.15) is 0 Å². The van der Waals surface area contributed by atoms with E-state index >= 15 is 0 Å². The zero-order valence-electron chi connectivity index (χ0n) is 16.9. The summed E-state index contributed by atoms with van der Waals surface area (Å²) < 4.78 is 16.0. The number of hydrogen-bond donors (Lipinski definition) is 2. The molecule has 3 rings (SSSR count). The molecule has 8 heteroatoms. The van der Waals surface area contributed by atoms with Gasteiger partial charge in [0.15, 0.2) is 6.10 Å². The van der Waals surface area contributed by atoms with Gasteiger partial charge in [-0.1, -0.05) is 48.5 Å². The van der Waals surface area contributed by atoms with Gasteiger partial charge in [-0.25, -0.2) is 9.59 Å². The number of ether oxygens (including phenoxy) is 2. The van der Waals surface area contributed by atoms with E-state index in [-0.39, 0.29) is 18.9 Å². The largest absolute Gasteiger partial charge is 0.486 e. The number of amides is 3. The lowest BCUT2D eigenvalue weighted by molar-refractivity contribution is -0.128. The number of hydrogen-bond acceptors (Lipinski definition) is 6. The van der Waals surface area contributed by atoms with Crippen molar-refractivity contribution >= 4 is 17.9 Å². The van der Waals surface area contributed by atoms with Gasteiger partial charge in [-0.3, -0.25) is 10.1 Å². The lowest BCUT2D eigenvalue weighted by Crippen LogP contribution is -2.44. The number of urea groups is 1. The van der Waals surface area contributed by atoms with E-state index in [4.69, 9.17) is 13.9 Å². The minimum atomic E-state index is -1.19. The van der Waals surface area contributed by atoms with Gasteiger partial charge in [0.25, 0.3) is 5.91 Å². The summed E-state index contributed by atoms with van der Waals surface area (Å²) in [4.78, 5) is 36.2. The molecule has 1 aromatic heterocycles. The van der Waals surface area contributed by atoms with E-state index in [1.165, 1.54) is 13.0 Å². The molecule has 0 saturated carbocycles. The van der Waals surface area contributed by atoms with Crippen LogP contribution >= 0.6 is 0 Å². The normalized spacial score (nSPS) is 11.3. The van der Waals surface area contributed by atoms with Crippen molar-refractivity contribution in [3.05, 3.63) is 89.9 Å². The van der Waals surface area contributed by atoms with E-state index in [0.29, 0.717) is 11.5 Å². The number of benzene rings is 2. The molecule has 0 bridgehead atoms. The first-order valence-electron chi connectivity index (χ1n) is 9.61. The highest BCUT2D eigenvalue weighted by Crippen LogP contribution is 2.15. The van der Waals surface area contributed by atoms with Crippen molar-refractivity contribution < 1.29 is 28.3 Å². The van der Waals surface area contributed by atoms with Gasteiger partial charge in [-0.05, 0) is 36.8 Å². The number of carbonyl (C=O) groups excluding carboxylic acids is 3. The quantitative estimate of drug-likeness (QED) is 0.539. The zero-order valence-corrected chi connectivity index (χ0v) is 16.9. The standard InChI is InChI=1S/C23H22N2O6/c1-16(21(26)25-23(28)24-14-17-8-4-2-5-9-17)30-22(27)20-13-12-19(31-20)15-29-18-10-6-3-7-11-18/h2-13,16H,14-15H2,1H3,(H2,24,25,26,28). The molecule has 1 unspecified atom stereocenters. The van der Waals surface area contributed by atoms with E-state index in [0.717, 1.165) is 5.56 Å². The molecule has 0 aliphatic heterocycles. The Hall–Kier alpha value is -4.07. The second-order valence-corrected chi connectivity index (χ2v) is 6.57. The van der Waals surface area contributed by atoms with Gasteiger partial charge >= 0.3 is 12.0 Å². The molecule has 0 spiro atoms. The summed E-state index contributed by atoms with van der Waals surface area (Å²) in [5.41, 5.74) is 0.884. The van der Waals surface area contributed by atoms with Gasteiger partial charge in [0.05, 0.1) is 0 Å². The highest BCUT2D eigenvalue weighted by atomic mass is 16.6. The number of rotatable bonds is 8. The lowest BCUT2D eigenvalue weighted by Gasteiger charge is -2.12. The van der Waals surface area contributed by atoms with E-state index < -0.39 is 24.0 Å². The Kier molecular flexibility index (Phi) is 7.42. The third-order valence-electron chi connectivity index (χ3n) is 4.17. The van der Waals surface area contributed by atoms with Crippen LogP contribution in [0.5, 0.6) is 5.75 Å². The van der Waals surface area contributed by atoms with Crippen LogP contribution in [-0.2, 0) is 22.7 Å². The third-order valence-corrected chi connectivity index (χ3v) is 4.17. The second-order valence-electron chi connectivity index (χ2n) is 6.57. The molecule has 1 atom stereocenters. The van der Waals surface area contributed by atoms with Crippen LogP contribution in [-0.4, -0.2) is 24.0 Å². The Morgan fingerprint density at radius 2 is 1.61 bits per heavy atom. The van der Waals surface area contributed by atoms with E-state index in [1.54, 1.807) is 18.2 Å². The van der Waals surface area contributed by atoms with Crippen LogP contribution in [0.2, 0.25) is 0 Å². The van der Waals surface area contributed by atoms with Gasteiger partial charge in [0, 0.05) is 6.54 Å². The maximum Gasteiger partial charge on any atom is 0.375 e. The summed E-state index contributed by atoms with van der Waals surface area (Å²) in [6.07, 6.45) is -1.19. The molecule has 0 aliphatic rings.